The van der Waals surface area contributed by atoms with E-state index in [0.29, 0.717) is 11.6 Å². The Bertz CT molecular complexity index is 863. The van der Waals surface area contributed by atoms with Crippen LogP contribution in [0.15, 0.2) is 36.4 Å². The Morgan fingerprint density at radius 1 is 1.25 bits per heavy atom. The van der Waals surface area contributed by atoms with Gasteiger partial charge in [0.25, 0.3) is 0 Å². The van der Waals surface area contributed by atoms with Gasteiger partial charge in [-0.05, 0) is 59.0 Å². The molecule has 2 N–H and O–H groups in total. The average molecular weight is 378 g/mol. The summed E-state index contributed by atoms with van der Waals surface area (Å²) in [7, 11) is 0. The lowest BCUT2D eigenvalue weighted by molar-refractivity contribution is 0.623. The smallest absolute Gasteiger partial charge is 0.205 e. The lowest BCUT2D eigenvalue weighted by atomic mass is 10.2. The van der Waals surface area contributed by atoms with Crippen molar-refractivity contribution in [2.75, 3.05) is 5.73 Å². The topological polar surface area (TPSA) is 67.6 Å². The van der Waals surface area contributed by atoms with E-state index in [1.54, 1.807) is 10.6 Å². The number of nitriles is 1. The summed E-state index contributed by atoms with van der Waals surface area (Å²) < 4.78 is 16.2. The molecule has 1 aromatic heterocycles. The zero-order chi connectivity index (χ0) is 14.3. The fraction of sp³-hybridized carbons (Fsp3) is 0. The van der Waals surface area contributed by atoms with Crippen molar-refractivity contribution in [3.05, 3.63) is 51.3 Å². The van der Waals surface area contributed by atoms with Gasteiger partial charge in [-0.3, -0.25) is 4.57 Å². The summed E-state index contributed by atoms with van der Waals surface area (Å²) in [6.07, 6.45) is 0. The van der Waals surface area contributed by atoms with Crippen molar-refractivity contribution in [3.63, 3.8) is 0 Å². The molecule has 4 nitrogen and oxygen atoms in total. The minimum absolute atomic E-state index is 0.0192. The predicted molar refractivity (Wildman–Crippen MR) is 82.9 cm³/mol. The fourth-order valence-electron chi connectivity index (χ4n) is 2.08. The Balaban J connectivity index is 2.29. The molecule has 0 aliphatic rings. The number of rotatable bonds is 1. The molecular formula is C14H8FIN4. The van der Waals surface area contributed by atoms with Crippen LogP contribution >= 0.6 is 22.6 Å². The average Bonchev–Trinajstić information content (AvgIpc) is 2.74. The van der Waals surface area contributed by atoms with Crippen LogP contribution in [0.25, 0.3) is 16.7 Å². The van der Waals surface area contributed by atoms with Gasteiger partial charge in [0.2, 0.25) is 5.95 Å². The first kappa shape index (κ1) is 12.9. The van der Waals surface area contributed by atoms with Crippen LogP contribution in [-0.2, 0) is 0 Å². The van der Waals surface area contributed by atoms with E-state index < -0.39 is 5.82 Å². The Kier molecular flexibility index (Phi) is 3.06. The maximum atomic E-state index is 13.4. The van der Waals surface area contributed by atoms with Crippen molar-refractivity contribution in [1.82, 2.24) is 9.55 Å². The van der Waals surface area contributed by atoms with E-state index in [-0.39, 0.29) is 5.56 Å². The molecule has 98 valence electrons. The van der Waals surface area contributed by atoms with E-state index in [1.165, 1.54) is 12.1 Å². The van der Waals surface area contributed by atoms with Crippen molar-refractivity contribution < 1.29 is 4.39 Å². The molecule has 2 aromatic carbocycles. The van der Waals surface area contributed by atoms with Gasteiger partial charge in [-0.15, -0.1) is 0 Å². The number of hydrogen-bond donors (Lipinski definition) is 1. The standard InChI is InChI=1S/C14H8FIN4/c15-11-3-2-10(5-8(11)7-17)20-13-4-1-9(16)6-12(13)19-14(20)18/h1-6H,(H2,18,19). The zero-order valence-corrected chi connectivity index (χ0v) is 12.3. The summed E-state index contributed by atoms with van der Waals surface area (Å²) in [5.41, 5.74) is 8.11. The van der Waals surface area contributed by atoms with Gasteiger partial charge >= 0.3 is 0 Å². The second kappa shape index (κ2) is 4.76. The zero-order valence-electron chi connectivity index (χ0n) is 10.1. The maximum absolute atomic E-state index is 13.4. The summed E-state index contributed by atoms with van der Waals surface area (Å²) in [6.45, 7) is 0. The summed E-state index contributed by atoms with van der Waals surface area (Å²) >= 11 is 2.20. The number of nitrogen functional groups attached to an aromatic ring is 1. The van der Waals surface area contributed by atoms with Gasteiger partial charge in [0.05, 0.1) is 22.3 Å². The Morgan fingerprint density at radius 3 is 2.80 bits per heavy atom. The van der Waals surface area contributed by atoms with Crippen LogP contribution in [0.3, 0.4) is 0 Å². The van der Waals surface area contributed by atoms with E-state index in [1.807, 2.05) is 24.3 Å². The van der Waals surface area contributed by atoms with Gasteiger partial charge in [-0.1, -0.05) is 0 Å². The lowest BCUT2D eigenvalue weighted by Gasteiger charge is -2.07. The molecule has 0 saturated carbocycles. The fourth-order valence-corrected chi connectivity index (χ4v) is 2.56. The number of halogens is 2. The maximum Gasteiger partial charge on any atom is 0.205 e. The first-order valence-electron chi connectivity index (χ1n) is 5.73. The van der Waals surface area contributed by atoms with E-state index >= 15 is 0 Å². The van der Waals surface area contributed by atoms with Gasteiger partial charge < -0.3 is 5.73 Å². The van der Waals surface area contributed by atoms with Crippen molar-refractivity contribution in [1.29, 1.82) is 5.26 Å². The van der Waals surface area contributed by atoms with Crippen LogP contribution in [0.2, 0.25) is 0 Å². The molecule has 0 spiro atoms. The van der Waals surface area contributed by atoms with Gasteiger partial charge in [0.1, 0.15) is 11.9 Å². The van der Waals surface area contributed by atoms with E-state index in [0.717, 1.165) is 14.6 Å². The van der Waals surface area contributed by atoms with Gasteiger partial charge in [-0.25, -0.2) is 9.37 Å². The van der Waals surface area contributed by atoms with Crippen LogP contribution in [0.5, 0.6) is 0 Å². The molecule has 1 heterocycles. The van der Waals surface area contributed by atoms with Crippen LogP contribution in [0.1, 0.15) is 5.56 Å². The van der Waals surface area contributed by atoms with Crippen molar-refractivity contribution in [2.24, 2.45) is 0 Å². The minimum Gasteiger partial charge on any atom is -0.369 e. The van der Waals surface area contributed by atoms with Crippen LogP contribution in [-0.4, -0.2) is 9.55 Å². The number of imidazole rings is 1. The highest BCUT2D eigenvalue weighted by molar-refractivity contribution is 14.1. The number of nitrogens with zero attached hydrogens (tertiary/aromatic N) is 3. The molecule has 0 bridgehead atoms. The third-order valence-corrected chi connectivity index (χ3v) is 3.64. The molecule has 0 aliphatic heterocycles. The molecule has 3 rings (SSSR count). The molecule has 20 heavy (non-hydrogen) atoms. The van der Waals surface area contributed by atoms with Gasteiger partial charge in [0, 0.05) is 3.57 Å². The Morgan fingerprint density at radius 2 is 2.05 bits per heavy atom. The van der Waals surface area contributed by atoms with E-state index in [2.05, 4.69) is 27.6 Å². The number of benzene rings is 2. The summed E-state index contributed by atoms with van der Waals surface area (Å²) in [5.74, 6) is -0.244. The number of fused-ring (bicyclic) bond motifs is 1. The van der Waals surface area contributed by atoms with Crippen LogP contribution in [0.4, 0.5) is 10.3 Å². The molecule has 0 aliphatic carbocycles. The Hall–Kier alpha value is -2.14. The van der Waals surface area contributed by atoms with Gasteiger partial charge in [0.15, 0.2) is 0 Å². The summed E-state index contributed by atoms with van der Waals surface area (Å²) in [4.78, 5) is 4.29. The van der Waals surface area contributed by atoms with Crippen molar-refractivity contribution >= 4 is 39.6 Å². The number of nitrogens with two attached hydrogens (primary N) is 1. The van der Waals surface area contributed by atoms with Crippen molar-refractivity contribution in [3.8, 4) is 11.8 Å². The molecule has 6 heteroatoms. The first-order valence-corrected chi connectivity index (χ1v) is 6.81. The van der Waals surface area contributed by atoms with E-state index in [4.69, 9.17) is 11.0 Å². The third-order valence-electron chi connectivity index (χ3n) is 2.97. The molecule has 0 fully saturated rings. The number of hydrogen-bond acceptors (Lipinski definition) is 3. The quantitative estimate of drug-likeness (QED) is 0.662. The van der Waals surface area contributed by atoms with Crippen LogP contribution < -0.4 is 5.73 Å². The number of anilines is 1. The molecule has 3 aromatic rings. The highest BCUT2D eigenvalue weighted by Crippen LogP contribution is 2.25. The first-order chi connectivity index (χ1) is 9.60. The van der Waals surface area contributed by atoms with Gasteiger partial charge in [-0.2, -0.15) is 5.26 Å². The predicted octanol–water partition coefficient (Wildman–Crippen LogP) is 3.22. The molecular weight excluding hydrogens is 370 g/mol. The molecule has 0 saturated heterocycles. The highest BCUT2D eigenvalue weighted by atomic mass is 127. The third kappa shape index (κ3) is 2.00. The molecule has 0 amide bonds. The largest absolute Gasteiger partial charge is 0.369 e. The van der Waals surface area contributed by atoms with E-state index in [9.17, 15) is 4.39 Å². The lowest BCUT2D eigenvalue weighted by Crippen LogP contribution is -2.01. The highest BCUT2D eigenvalue weighted by Gasteiger charge is 2.12. The molecule has 0 unspecified atom stereocenters. The van der Waals surface area contributed by atoms with Crippen LogP contribution in [0, 0.1) is 20.7 Å². The van der Waals surface area contributed by atoms with Crippen molar-refractivity contribution in [2.45, 2.75) is 0 Å². The summed E-state index contributed by atoms with van der Waals surface area (Å²) in [6, 6.07) is 11.9. The molecule has 0 atom stereocenters. The Labute approximate surface area is 127 Å². The minimum atomic E-state index is -0.547. The monoisotopic (exact) mass is 378 g/mol. The molecule has 0 radical (unpaired) electrons. The normalized spacial score (nSPS) is 10.7. The summed E-state index contributed by atoms with van der Waals surface area (Å²) in [5, 5.41) is 8.91. The SMILES string of the molecule is N#Cc1cc(-n2c(N)nc3cc(I)ccc32)ccc1F. The number of aromatic nitrogens is 2. The second-order valence-corrected chi connectivity index (χ2v) is 5.46. The second-order valence-electron chi connectivity index (χ2n) is 4.21.